The van der Waals surface area contributed by atoms with Gasteiger partial charge in [-0.25, -0.2) is 14.8 Å². The topological polar surface area (TPSA) is 108 Å². The van der Waals surface area contributed by atoms with Gasteiger partial charge in [0.1, 0.15) is 5.75 Å². The lowest BCUT2D eigenvalue weighted by atomic mass is 10.1. The molecule has 176 valence electrons. The Morgan fingerprint density at radius 3 is 2.41 bits per heavy atom. The van der Waals surface area contributed by atoms with Crippen molar-refractivity contribution < 1.29 is 19.4 Å². The molecule has 2 N–H and O–H groups in total. The summed E-state index contributed by atoms with van der Waals surface area (Å²) in [5.41, 5.74) is 1.96. The van der Waals surface area contributed by atoms with E-state index in [1.165, 1.54) is 0 Å². The highest BCUT2D eigenvalue weighted by Crippen LogP contribution is 2.25. The Morgan fingerprint density at radius 2 is 1.71 bits per heavy atom. The highest BCUT2D eigenvalue weighted by atomic mass is 16.5. The minimum Gasteiger partial charge on any atom is -0.497 e. The van der Waals surface area contributed by atoms with E-state index in [4.69, 9.17) is 4.74 Å². The number of hydrogen-bond donors (Lipinski definition) is 2. The summed E-state index contributed by atoms with van der Waals surface area (Å²) in [4.78, 5) is 37.5. The van der Waals surface area contributed by atoms with E-state index >= 15 is 0 Å². The standard InChI is InChI=1S/C25H27N5O4/c1-34-20-7-4-18(5-8-20)16-23(31)28-22-9-6-19(17-21(22)24(32)33)29-12-3-13-30(15-14-29)25-26-10-2-11-27-25/h2,4-11,17H,3,12-16H2,1H3,(H,28,31)(H,32,33). The summed E-state index contributed by atoms with van der Waals surface area (Å²) >= 11 is 0. The molecule has 0 spiro atoms. The second-order valence-electron chi connectivity index (χ2n) is 7.98. The first kappa shape index (κ1) is 23.0. The molecule has 34 heavy (non-hydrogen) atoms. The molecule has 0 aliphatic carbocycles. The zero-order valence-electron chi connectivity index (χ0n) is 19.0. The summed E-state index contributed by atoms with van der Waals surface area (Å²) in [7, 11) is 1.58. The van der Waals surface area contributed by atoms with Crippen LogP contribution in [-0.2, 0) is 11.2 Å². The second kappa shape index (κ2) is 10.7. The number of ether oxygens (including phenoxy) is 1. The van der Waals surface area contributed by atoms with Gasteiger partial charge in [0.15, 0.2) is 0 Å². The number of rotatable bonds is 7. The molecule has 4 rings (SSSR count). The molecule has 1 aliphatic rings. The van der Waals surface area contributed by atoms with Gasteiger partial charge in [0.25, 0.3) is 0 Å². The number of anilines is 3. The minimum atomic E-state index is -1.09. The van der Waals surface area contributed by atoms with Crippen LogP contribution in [-0.4, -0.2) is 60.2 Å². The molecule has 0 bridgehead atoms. The van der Waals surface area contributed by atoms with Crippen LogP contribution in [0.2, 0.25) is 0 Å². The van der Waals surface area contributed by atoms with Crippen LogP contribution in [0.15, 0.2) is 60.9 Å². The number of carboxylic acids is 1. The van der Waals surface area contributed by atoms with Gasteiger partial charge >= 0.3 is 5.97 Å². The van der Waals surface area contributed by atoms with Crippen molar-refractivity contribution in [2.24, 2.45) is 0 Å². The number of aromatic carboxylic acids is 1. The third kappa shape index (κ3) is 5.61. The average molecular weight is 462 g/mol. The maximum absolute atomic E-state index is 12.6. The van der Waals surface area contributed by atoms with Crippen LogP contribution >= 0.6 is 0 Å². The van der Waals surface area contributed by atoms with Gasteiger partial charge in [0.05, 0.1) is 24.8 Å². The van der Waals surface area contributed by atoms with E-state index in [-0.39, 0.29) is 23.6 Å². The van der Waals surface area contributed by atoms with Crippen LogP contribution in [0, 0.1) is 0 Å². The predicted octanol–water partition coefficient (Wildman–Crippen LogP) is 3.08. The van der Waals surface area contributed by atoms with Crippen LogP contribution < -0.4 is 19.9 Å². The van der Waals surface area contributed by atoms with Crippen LogP contribution in [0.3, 0.4) is 0 Å². The van der Waals surface area contributed by atoms with E-state index in [1.54, 1.807) is 49.8 Å². The molecule has 2 aromatic carbocycles. The van der Waals surface area contributed by atoms with Gasteiger partial charge in [-0.05, 0) is 48.4 Å². The molecule has 1 fully saturated rings. The SMILES string of the molecule is COc1ccc(CC(=O)Nc2ccc(N3CCCN(c4ncccn4)CC3)cc2C(=O)O)cc1. The smallest absolute Gasteiger partial charge is 0.337 e. The Morgan fingerprint density at radius 1 is 1.00 bits per heavy atom. The molecule has 3 aromatic rings. The quantitative estimate of drug-likeness (QED) is 0.553. The normalized spacial score (nSPS) is 13.8. The van der Waals surface area contributed by atoms with Gasteiger partial charge < -0.3 is 25.0 Å². The van der Waals surface area contributed by atoms with Crippen molar-refractivity contribution in [3.8, 4) is 5.75 Å². The summed E-state index contributed by atoms with van der Waals surface area (Å²) < 4.78 is 5.13. The second-order valence-corrected chi connectivity index (χ2v) is 7.98. The van der Waals surface area contributed by atoms with Crippen LogP contribution in [0.4, 0.5) is 17.3 Å². The molecule has 1 amide bonds. The highest BCUT2D eigenvalue weighted by Gasteiger charge is 2.20. The third-order valence-corrected chi connectivity index (χ3v) is 5.73. The summed E-state index contributed by atoms with van der Waals surface area (Å²) in [6.07, 6.45) is 4.48. The third-order valence-electron chi connectivity index (χ3n) is 5.73. The van der Waals surface area contributed by atoms with Crippen LogP contribution in [0.5, 0.6) is 5.75 Å². The van der Waals surface area contributed by atoms with Gasteiger partial charge in [0, 0.05) is 44.3 Å². The maximum Gasteiger partial charge on any atom is 0.337 e. The van der Waals surface area contributed by atoms with Crippen molar-refractivity contribution in [3.63, 3.8) is 0 Å². The van der Waals surface area contributed by atoms with Crippen LogP contribution in [0.1, 0.15) is 22.3 Å². The largest absolute Gasteiger partial charge is 0.497 e. The molecule has 1 aliphatic heterocycles. The highest BCUT2D eigenvalue weighted by molar-refractivity contribution is 6.01. The Labute approximate surface area is 198 Å². The zero-order chi connectivity index (χ0) is 23.9. The molecule has 9 heteroatoms. The molecular formula is C25H27N5O4. The van der Waals surface area contributed by atoms with E-state index in [0.717, 1.165) is 37.3 Å². The average Bonchev–Trinajstić information content (AvgIpc) is 3.11. The molecule has 0 saturated carbocycles. The number of benzene rings is 2. The van der Waals surface area contributed by atoms with Gasteiger partial charge in [-0.1, -0.05) is 12.1 Å². The molecule has 0 unspecified atom stereocenters. The Kier molecular flexibility index (Phi) is 7.22. The number of nitrogens with zero attached hydrogens (tertiary/aromatic N) is 4. The number of hydrogen-bond acceptors (Lipinski definition) is 7. The van der Waals surface area contributed by atoms with Crippen molar-refractivity contribution >= 4 is 29.2 Å². The molecule has 0 atom stereocenters. The zero-order valence-corrected chi connectivity index (χ0v) is 19.0. The Hall–Kier alpha value is -4.14. The number of carbonyl (C=O) groups excluding carboxylic acids is 1. The van der Waals surface area contributed by atoms with Crippen LogP contribution in [0.25, 0.3) is 0 Å². The molecule has 0 radical (unpaired) electrons. The Bertz CT molecular complexity index is 1140. The maximum atomic E-state index is 12.6. The molecule has 1 aromatic heterocycles. The van der Waals surface area contributed by atoms with E-state index in [0.29, 0.717) is 18.2 Å². The number of carboxylic acid groups (broad SMARTS) is 1. The van der Waals surface area contributed by atoms with Crippen molar-refractivity contribution in [1.29, 1.82) is 0 Å². The fourth-order valence-electron chi connectivity index (χ4n) is 3.97. The lowest BCUT2D eigenvalue weighted by molar-refractivity contribution is -0.115. The summed E-state index contributed by atoms with van der Waals surface area (Å²) in [6, 6.07) is 14.1. The summed E-state index contributed by atoms with van der Waals surface area (Å²) in [5, 5.41) is 12.5. The van der Waals surface area contributed by atoms with Crippen molar-refractivity contribution in [3.05, 3.63) is 72.1 Å². The molecular weight excluding hydrogens is 434 g/mol. The fourth-order valence-corrected chi connectivity index (χ4v) is 3.97. The van der Waals surface area contributed by atoms with Crippen molar-refractivity contribution in [1.82, 2.24) is 9.97 Å². The minimum absolute atomic E-state index is 0.0630. The first-order chi connectivity index (χ1) is 16.5. The van der Waals surface area contributed by atoms with E-state index in [2.05, 4.69) is 25.1 Å². The van der Waals surface area contributed by atoms with E-state index in [1.807, 2.05) is 18.2 Å². The first-order valence-electron chi connectivity index (χ1n) is 11.1. The Balaban J connectivity index is 1.44. The number of nitrogens with one attached hydrogen (secondary N) is 1. The molecule has 2 heterocycles. The lowest BCUT2D eigenvalue weighted by Gasteiger charge is -2.24. The van der Waals surface area contributed by atoms with Gasteiger partial charge in [-0.2, -0.15) is 0 Å². The molecule has 1 saturated heterocycles. The molecule has 9 nitrogen and oxygen atoms in total. The van der Waals surface area contributed by atoms with Crippen molar-refractivity contribution in [2.75, 3.05) is 48.4 Å². The van der Waals surface area contributed by atoms with E-state index < -0.39 is 5.97 Å². The number of methoxy groups -OCH3 is 1. The lowest BCUT2D eigenvalue weighted by Crippen LogP contribution is -2.31. The number of amides is 1. The van der Waals surface area contributed by atoms with Gasteiger partial charge in [-0.15, -0.1) is 0 Å². The van der Waals surface area contributed by atoms with E-state index in [9.17, 15) is 14.7 Å². The monoisotopic (exact) mass is 461 g/mol. The number of carbonyl (C=O) groups is 2. The van der Waals surface area contributed by atoms with Crippen molar-refractivity contribution in [2.45, 2.75) is 12.8 Å². The van der Waals surface area contributed by atoms with Gasteiger partial charge in [-0.3, -0.25) is 4.79 Å². The summed E-state index contributed by atoms with van der Waals surface area (Å²) in [5.74, 6) is 0.0377. The first-order valence-corrected chi connectivity index (χ1v) is 11.1. The predicted molar refractivity (Wildman–Crippen MR) is 130 cm³/mol. The van der Waals surface area contributed by atoms with Gasteiger partial charge in [0.2, 0.25) is 11.9 Å². The summed E-state index contributed by atoms with van der Waals surface area (Å²) in [6.45, 7) is 3.05. The fraction of sp³-hybridized carbons (Fsp3) is 0.280. The number of aromatic nitrogens is 2.